The molecule has 0 bridgehead atoms. The fraction of sp³-hybridized carbons (Fsp3) is 0.100. The van der Waals surface area contributed by atoms with E-state index in [1.54, 1.807) is 0 Å². The molecule has 1 aromatic heterocycles. The third kappa shape index (κ3) is 5.41. The van der Waals surface area contributed by atoms with Gasteiger partial charge in [0.05, 0.1) is 11.3 Å². The number of benzene rings is 2. The van der Waals surface area contributed by atoms with Crippen LogP contribution in [0, 0.1) is 11.3 Å². The topological polar surface area (TPSA) is 55.1 Å². The van der Waals surface area contributed by atoms with E-state index < -0.39 is 24.2 Å². The second-order valence-electron chi connectivity index (χ2n) is 5.88. The highest BCUT2D eigenvalue weighted by Crippen LogP contribution is 2.30. The van der Waals surface area contributed by atoms with Crippen molar-refractivity contribution >= 4 is 0 Å². The maximum absolute atomic E-state index is 12.3. The van der Waals surface area contributed by atoms with Crippen molar-refractivity contribution in [2.45, 2.75) is 12.7 Å². The molecule has 10 heteroatoms. The van der Waals surface area contributed by atoms with Crippen LogP contribution in [-0.2, 0) is 0 Å². The molecular weight excluding hydrogens is 414 g/mol. The molecule has 0 N–H and O–H groups in total. The summed E-state index contributed by atoms with van der Waals surface area (Å²) in [7, 11) is 0. The summed E-state index contributed by atoms with van der Waals surface area (Å²) in [6.07, 6.45) is -8.23. The second-order valence-corrected chi connectivity index (χ2v) is 5.88. The molecule has 154 valence electrons. The lowest BCUT2D eigenvalue weighted by molar-refractivity contribution is -0.275. The number of alkyl halides is 6. The number of pyridine rings is 1. The Labute approximate surface area is 165 Å². The molecule has 0 fully saturated rings. The molecule has 3 aromatic rings. The van der Waals surface area contributed by atoms with Gasteiger partial charge in [0.15, 0.2) is 0 Å². The zero-order chi connectivity index (χ0) is 21.9. The SMILES string of the molecule is N#Cc1cc(-c2ccc(OC(F)(F)F)cc2)cnc1-c1ccc(OC(F)(F)F)cc1. The van der Waals surface area contributed by atoms with E-state index in [0.717, 1.165) is 24.3 Å². The van der Waals surface area contributed by atoms with Crippen molar-refractivity contribution in [2.24, 2.45) is 0 Å². The van der Waals surface area contributed by atoms with E-state index in [0.29, 0.717) is 16.7 Å². The first-order valence-electron chi connectivity index (χ1n) is 8.16. The summed E-state index contributed by atoms with van der Waals surface area (Å²) in [6.45, 7) is 0. The van der Waals surface area contributed by atoms with Gasteiger partial charge in [-0.3, -0.25) is 4.98 Å². The minimum atomic E-state index is -4.82. The third-order valence-corrected chi connectivity index (χ3v) is 3.79. The van der Waals surface area contributed by atoms with Crippen LogP contribution in [0.3, 0.4) is 0 Å². The monoisotopic (exact) mass is 424 g/mol. The molecule has 4 nitrogen and oxygen atoms in total. The molecule has 0 aliphatic carbocycles. The third-order valence-electron chi connectivity index (χ3n) is 3.79. The molecule has 0 atom stereocenters. The van der Waals surface area contributed by atoms with Gasteiger partial charge in [-0.1, -0.05) is 12.1 Å². The fourth-order valence-corrected chi connectivity index (χ4v) is 2.60. The lowest BCUT2D eigenvalue weighted by Crippen LogP contribution is -2.17. The molecule has 1 heterocycles. The van der Waals surface area contributed by atoms with E-state index in [1.807, 2.05) is 6.07 Å². The van der Waals surface area contributed by atoms with Crippen LogP contribution in [-0.4, -0.2) is 17.7 Å². The average Bonchev–Trinajstić information content (AvgIpc) is 2.66. The number of rotatable bonds is 4. The Morgan fingerprint density at radius 1 is 0.700 bits per heavy atom. The molecule has 0 amide bonds. The Morgan fingerprint density at radius 3 is 1.60 bits per heavy atom. The van der Waals surface area contributed by atoms with Crippen molar-refractivity contribution in [1.29, 1.82) is 5.26 Å². The summed E-state index contributed by atoms with van der Waals surface area (Å²) in [4.78, 5) is 4.19. The normalized spacial score (nSPS) is 11.6. The molecule has 3 rings (SSSR count). The van der Waals surface area contributed by atoms with Crippen molar-refractivity contribution in [1.82, 2.24) is 4.98 Å². The molecular formula is C20H10F6N2O2. The van der Waals surface area contributed by atoms with Crippen molar-refractivity contribution < 1.29 is 35.8 Å². The van der Waals surface area contributed by atoms with Crippen molar-refractivity contribution in [3.8, 4) is 40.0 Å². The Balaban J connectivity index is 1.86. The Hall–Kier alpha value is -3.74. The molecule has 0 spiro atoms. The minimum Gasteiger partial charge on any atom is -0.406 e. The zero-order valence-corrected chi connectivity index (χ0v) is 14.8. The Kier molecular flexibility index (Phi) is 5.56. The maximum Gasteiger partial charge on any atom is 0.573 e. The van der Waals surface area contributed by atoms with Crippen LogP contribution < -0.4 is 9.47 Å². The molecule has 30 heavy (non-hydrogen) atoms. The van der Waals surface area contributed by atoms with Gasteiger partial charge in [-0.2, -0.15) is 5.26 Å². The highest BCUT2D eigenvalue weighted by molar-refractivity contribution is 5.73. The molecule has 0 radical (unpaired) electrons. The van der Waals surface area contributed by atoms with Crippen LogP contribution in [0.15, 0.2) is 60.8 Å². The predicted octanol–water partition coefficient (Wildman–Crippen LogP) is 6.08. The number of nitriles is 1. The van der Waals surface area contributed by atoms with Gasteiger partial charge in [0, 0.05) is 17.3 Å². The summed E-state index contributed by atoms with van der Waals surface area (Å²) in [6, 6.07) is 13.3. The van der Waals surface area contributed by atoms with Crippen LogP contribution in [0.25, 0.3) is 22.4 Å². The van der Waals surface area contributed by atoms with Gasteiger partial charge in [0.25, 0.3) is 0 Å². The van der Waals surface area contributed by atoms with Crippen LogP contribution in [0.2, 0.25) is 0 Å². The summed E-state index contributed by atoms with van der Waals surface area (Å²) < 4.78 is 81.1. The van der Waals surface area contributed by atoms with E-state index in [2.05, 4.69) is 14.5 Å². The number of ether oxygens (including phenoxy) is 2. The molecule has 0 saturated heterocycles. The zero-order valence-electron chi connectivity index (χ0n) is 14.8. The maximum atomic E-state index is 12.3. The molecule has 0 unspecified atom stereocenters. The number of hydrogen-bond acceptors (Lipinski definition) is 4. The van der Waals surface area contributed by atoms with Gasteiger partial charge in [-0.15, -0.1) is 26.3 Å². The lowest BCUT2D eigenvalue weighted by atomic mass is 10.0. The number of aromatic nitrogens is 1. The van der Waals surface area contributed by atoms with Gasteiger partial charge < -0.3 is 9.47 Å². The van der Waals surface area contributed by atoms with E-state index in [1.165, 1.54) is 36.5 Å². The van der Waals surface area contributed by atoms with E-state index in [9.17, 15) is 31.6 Å². The summed E-state index contributed by atoms with van der Waals surface area (Å²) >= 11 is 0. The van der Waals surface area contributed by atoms with E-state index in [-0.39, 0.29) is 11.3 Å². The largest absolute Gasteiger partial charge is 0.573 e. The Bertz CT molecular complexity index is 1070. The van der Waals surface area contributed by atoms with Crippen molar-refractivity contribution in [2.75, 3.05) is 0 Å². The second kappa shape index (κ2) is 7.94. The first kappa shape index (κ1) is 21.0. The van der Waals surface area contributed by atoms with Gasteiger partial charge in [-0.25, -0.2) is 0 Å². The highest BCUT2D eigenvalue weighted by atomic mass is 19.4. The number of nitrogens with zero attached hydrogens (tertiary/aromatic N) is 2. The van der Waals surface area contributed by atoms with Crippen LogP contribution in [0.1, 0.15) is 5.56 Å². The van der Waals surface area contributed by atoms with E-state index in [4.69, 9.17) is 0 Å². The van der Waals surface area contributed by atoms with Crippen LogP contribution in [0.5, 0.6) is 11.5 Å². The highest BCUT2D eigenvalue weighted by Gasteiger charge is 2.31. The summed E-state index contributed by atoms with van der Waals surface area (Å²) in [5.41, 5.74) is 1.71. The van der Waals surface area contributed by atoms with Crippen molar-refractivity contribution in [3.05, 3.63) is 66.4 Å². The summed E-state index contributed by atoms with van der Waals surface area (Å²) in [5.74, 6) is -0.806. The van der Waals surface area contributed by atoms with Gasteiger partial charge in [0.2, 0.25) is 0 Å². The fourth-order valence-electron chi connectivity index (χ4n) is 2.60. The summed E-state index contributed by atoms with van der Waals surface area (Å²) in [5, 5.41) is 9.42. The van der Waals surface area contributed by atoms with E-state index >= 15 is 0 Å². The van der Waals surface area contributed by atoms with Crippen molar-refractivity contribution in [3.63, 3.8) is 0 Å². The van der Waals surface area contributed by atoms with Crippen LogP contribution >= 0.6 is 0 Å². The minimum absolute atomic E-state index is 0.132. The number of halogens is 6. The molecule has 0 aliphatic rings. The van der Waals surface area contributed by atoms with Crippen LogP contribution in [0.4, 0.5) is 26.3 Å². The Morgan fingerprint density at radius 2 is 1.17 bits per heavy atom. The molecule has 2 aromatic carbocycles. The predicted molar refractivity (Wildman–Crippen MR) is 93.2 cm³/mol. The van der Waals surface area contributed by atoms with Gasteiger partial charge >= 0.3 is 12.7 Å². The molecule has 0 saturated carbocycles. The molecule has 0 aliphatic heterocycles. The first-order valence-corrected chi connectivity index (χ1v) is 8.16. The average molecular weight is 424 g/mol. The first-order chi connectivity index (χ1) is 14.0. The number of hydrogen-bond donors (Lipinski definition) is 0. The quantitative estimate of drug-likeness (QED) is 0.476. The lowest BCUT2D eigenvalue weighted by Gasteiger charge is -2.11. The van der Waals surface area contributed by atoms with Gasteiger partial charge in [0.1, 0.15) is 17.6 Å². The van der Waals surface area contributed by atoms with Gasteiger partial charge in [-0.05, 0) is 48.0 Å². The smallest absolute Gasteiger partial charge is 0.406 e. The standard InChI is InChI=1S/C20H10F6N2O2/c21-19(22,23)29-16-5-1-12(2-6-16)15-9-14(10-27)18(28-11-15)13-3-7-17(8-4-13)30-20(24,25)26/h1-9,11H.